The van der Waals surface area contributed by atoms with Crippen LogP contribution in [-0.4, -0.2) is 58.9 Å². The number of nitrogens with zero attached hydrogens (tertiary/aromatic N) is 1. The van der Waals surface area contributed by atoms with E-state index in [1.54, 1.807) is 30.3 Å². The van der Waals surface area contributed by atoms with Gasteiger partial charge in [-0.2, -0.15) is 0 Å². The number of amides is 1. The van der Waals surface area contributed by atoms with Gasteiger partial charge in [0.15, 0.2) is 0 Å². The lowest BCUT2D eigenvalue weighted by Gasteiger charge is -2.32. The fourth-order valence-corrected chi connectivity index (χ4v) is 5.15. The van der Waals surface area contributed by atoms with Gasteiger partial charge in [-0.3, -0.25) is 15.5 Å². The molecule has 0 unspecified atom stereocenters. The molecule has 9 heteroatoms. The summed E-state index contributed by atoms with van der Waals surface area (Å²) in [7, 11) is 0. The van der Waals surface area contributed by atoms with Crippen molar-refractivity contribution in [1.82, 2.24) is 15.7 Å². The molecule has 1 saturated carbocycles. The Bertz CT molecular complexity index is 1360. The predicted molar refractivity (Wildman–Crippen MR) is 159 cm³/mol. The third-order valence-corrected chi connectivity index (χ3v) is 7.90. The molecule has 40 heavy (non-hydrogen) atoms. The number of allylic oxidation sites excluding steroid dienone is 1. The van der Waals surface area contributed by atoms with Crippen molar-refractivity contribution in [2.24, 2.45) is 0 Å². The largest absolute Gasteiger partial charge is 0.491 e. The van der Waals surface area contributed by atoms with Crippen LogP contribution in [0.4, 0.5) is 0 Å². The number of hydrogen-bond donors (Lipinski definition) is 3. The van der Waals surface area contributed by atoms with E-state index in [9.17, 15) is 4.79 Å². The molecule has 8 nitrogen and oxygen atoms in total. The van der Waals surface area contributed by atoms with E-state index < -0.39 is 0 Å². The number of carbonyl (C=O) groups is 1. The van der Waals surface area contributed by atoms with Crippen LogP contribution in [0.15, 0.2) is 59.0 Å². The second kappa shape index (κ2) is 12.8. The van der Waals surface area contributed by atoms with E-state index in [-0.39, 0.29) is 23.0 Å². The van der Waals surface area contributed by atoms with Gasteiger partial charge < -0.3 is 24.1 Å². The van der Waals surface area contributed by atoms with Crippen LogP contribution in [0, 0.1) is 0 Å². The van der Waals surface area contributed by atoms with Crippen molar-refractivity contribution < 1.29 is 23.9 Å². The smallest absolute Gasteiger partial charge is 0.244 e. The van der Waals surface area contributed by atoms with Crippen LogP contribution >= 0.6 is 12.2 Å². The molecule has 1 amide bonds. The molecule has 3 N–H and O–H groups in total. The van der Waals surface area contributed by atoms with Crippen molar-refractivity contribution in [2.75, 3.05) is 19.7 Å². The number of hydroxylamine groups is 1. The number of furan rings is 1. The molecule has 1 aliphatic carbocycles. The van der Waals surface area contributed by atoms with Gasteiger partial charge in [0.1, 0.15) is 40.5 Å². The third kappa shape index (κ3) is 7.21. The maximum Gasteiger partial charge on any atom is 0.244 e. The first kappa shape index (κ1) is 28.1. The maximum absolute atomic E-state index is 12.8. The number of carbonyl (C=O) groups excluding carboxylic acids is 1. The second-order valence-electron chi connectivity index (χ2n) is 10.6. The van der Waals surface area contributed by atoms with Crippen LogP contribution in [0.25, 0.3) is 16.5 Å². The van der Waals surface area contributed by atoms with E-state index in [2.05, 4.69) is 10.2 Å². The lowest BCUT2D eigenvalue weighted by Crippen LogP contribution is -2.39. The van der Waals surface area contributed by atoms with Crippen LogP contribution in [0.3, 0.4) is 0 Å². The third-order valence-electron chi connectivity index (χ3n) is 7.58. The highest BCUT2D eigenvalue weighted by Crippen LogP contribution is 2.32. The van der Waals surface area contributed by atoms with E-state index in [0.29, 0.717) is 30.1 Å². The van der Waals surface area contributed by atoms with Crippen LogP contribution < -0.4 is 20.3 Å². The van der Waals surface area contributed by atoms with Gasteiger partial charge in [-0.1, -0.05) is 19.1 Å². The van der Waals surface area contributed by atoms with E-state index in [4.69, 9.17) is 31.3 Å². The van der Waals surface area contributed by atoms with Crippen LogP contribution in [0.5, 0.6) is 11.5 Å². The van der Waals surface area contributed by atoms with Crippen molar-refractivity contribution in [2.45, 2.75) is 64.1 Å². The van der Waals surface area contributed by atoms with Crippen molar-refractivity contribution in [3.05, 3.63) is 65.9 Å². The van der Waals surface area contributed by atoms with E-state index in [1.807, 2.05) is 43.6 Å². The van der Waals surface area contributed by atoms with Crippen molar-refractivity contribution in [3.8, 4) is 11.5 Å². The molecule has 2 heterocycles. The van der Waals surface area contributed by atoms with Crippen LogP contribution in [0.1, 0.15) is 57.3 Å². The fourth-order valence-electron chi connectivity index (χ4n) is 5.02. The molecule has 0 spiro atoms. The number of fused-ring (bicyclic) bond motifs is 1. The van der Waals surface area contributed by atoms with Crippen molar-refractivity contribution in [1.29, 1.82) is 0 Å². The summed E-state index contributed by atoms with van der Waals surface area (Å²) in [5.74, 6) is 1.96. The normalized spacial score (nSPS) is 17.4. The summed E-state index contributed by atoms with van der Waals surface area (Å²) < 4.78 is 18.2. The van der Waals surface area contributed by atoms with Gasteiger partial charge >= 0.3 is 0 Å². The molecule has 3 aromatic rings. The zero-order chi connectivity index (χ0) is 28.1. The molecule has 1 saturated heterocycles. The number of ether oxygens (including phenoxy) is 2. The van der Waals surface area contributed by atoms with E-state index in [1.165, 1.54) is 12.8 Å². The summed E-state index contributed by atoms with van der Waals surface area (Å²) in [6.45, 7) is 6.43. The standard InChI is InChI=1S/C31H37N3O5S/c1-3-23(19-37-25-8-4-21(5-9-25)31(40)33-36)32-30(35)16-20(2)29-18-22-17-27(10-11-28(22)39-29)38-26-12-14-34(15-13-26)24-6-7-24/h4-5,8-11,16-18,23-24,26,36H,3,6-7,12-15,19H2,1-2H3,(H,32,35)(H,33,40)/t23-/m0/s1. The summed E-state index contributed by atoms with van der Waals surface area (Å²) >= 11 is 5.00. The molecular formula is C31H37N3O5S. The van der Waals surface area contributed by atoms with Crippen molar-refractivity contribution in [3.63, 3.8) is 0 Å². The Balaban J connectivity index is 1.14. The minimum atomic E-state index is -0.204. The first-order valence-corrected chi connectivity index (χ1v) is 14.4. The van der Waals surface area contributed by atoms with Crippen molar-refractivity contribution >= 4 is 39.7 Å². The summed E-state index contributed by atoms with van der Waals surface area (Å²) in [6.07, 6.45) is 7.35. The summed E-state index contributed by atoms with van der Waals surface area (Å²) in [5, 5.41) is 12.9. The Kier molecular flexibility index (Phi) is 9.04. The predicted octanol–water partition coefficient (Wildman–Crippen LogP) is 5.47. The van der Waals surface area contributed by atoms with Crippen LogP contribution in [-0.2, 0) is 4.79 Å². The first-order valence-electron chi connectivity index (χ1n) is 14.0. The Hall–Kier alpha value is -3.40. The number of benzene rings is 2. The molecule has 0 bridgehead atoms. The molecule has 212 valence electrons. The maximum atomic E-state index is 12.8. The van der Waals surface area contributed by atoms with Gasteiger partial charge in [-0.25, -0.2) is 0 Å². The zero-order valence-electron chi connectivity index (χ0n) is 23.0. The minimum Gasteiger partial charge on any atom is -0.491 e. The monoisotopic (exact) mass is 563 g/mol. The molecule has 5 rings (SSSR count). The topological polar surface area (TPSA) is 96.2 Å². The Morgan fingerprint density at radius 1 is 1.12 bits per heavy atom. The first-order chi connectivity index (χ1) is 19.4. The average molecular weight is 564 g/mol. The van der Waals surface area contributed by atoms with Crippen LogP contribution in [0.2, 0.25) is 0 Å². The number of thiocarbonyl (C=S) groups is 1. The fraction of sp³-hybridized carbons (Fsp3) is 0.419. The minimum absolute atomic E-state index is 0.164. The van der Waals surface area contributed by atoms with Gasteiger partial charge in [0, 0.05) is 36.2 Å². The quantitative estimate of drug-likeness (QED) is 0.161. The molecule has 2 aliphatic rings. The Morgan fingerprint density at radius 3 is 2.52 bits per heavy atom. The number of likely N-dealkylation sites (tertiary alicyclic amines) is 1. The number of rotatable bonds is 11. The number of piperidine rings is 1. The van der Waals surface area contributed by atoms with E-state index >= 15 is 0 Å². The summed E-state index contributed by atoms with van der Waals surface area (Å²) in [6, 6.07) is 15.6. The molecular weight excluding hydrogens is 526 g/mol. The highest BCUT2D eigenvalue weighted by atomic mass is 32.1. The second-order valence-corrected chi connectivity index (χ2v) is 11.0. The number of hydrogen-bond acceptors (Lipinski definition) is 7. The van der Waals surface area contributed by atoms with E-state index in [0.717, 1.165) is 54.3 Å². The SMILES string of the molecule is CC[C@@H](COc1ccc(C(=S)NO)cc1)NC(=O)C=C(C)c1cc2cc(OC3CCN(C4CC4)CC3)ccc2o1. The lowest BCUT2D eigenvalue weighted by molar-refractivity contribution is -0.117. The summed E-state index contributed by atoms with van der Waals surface area (Å²) in [5.41, 5.74) is 4.15. The van der Waals surface area contributed by atoms with Gasteiger partial charge in [0.25, 0.3) is 0 Å². The Morgan fingerprint density at radius 2 is 1.85 bits per heavy atom. The Labute approximate surface area is 240 Å². The molecule has 1 aliphatic heterocycles. The highest BCUT2D eigenvalue weighted by molar-refractivity contribution is 7.80. The molecule has 2 fully saturated rings. The van der Waals surface area contributed by atoms with Gasteiger partial charge in [-0.05, 0) is 93.1 Å². The molecule has 0 radical (unpaired) electrons. The molecule has 2 aromatic carbocycles. The number of nitrogens with one attached hydrogen (secondary N) is 2. The highest BCUT2D eigenvalue weighted by Gasteiger charge is 2.32. The van der Waals surface area contributed by atoms with Gasteiger partial charge in [-0.15, -0.1) is 0 Å². The molecule has 1 atom stereocenters. The van der Waals surface area contributed by atoms with Gasteiger partial charge in [0.2, 0.25) is 5.91 Å². The molecule has 1 aromatic heterocycles. The lowest BCUT2D eigenvalue weighted by atomic mass is 10.1. The van der Waals surface area contributed by atoms with Gasteiger partial charge in [0.05, 0.1) is 6.04 Å². The summed E-state index contributed by atoms with van der Waals surface area (Å²) in [4.78, 5) is 15.6. The zero-order valence-corrected chi connectivity index (χ0v) is 23.8. The average Bonchev–Trinajstić information content (AvgIpc) is 3.73.